The van der Waals surface area contributed by atoms with Gasteiger partial charge in [-0.2, -0.15) is 0 Å². The van der Waals surface area contributed by atoms with Crippen LogP contribution in [0.2, 0.25) is 0 Å². The summed E-state index contributed by atoms with van der Waals surface area (Å²) >= 11 is 0. The zero-order valence-electron chi connectivity index (χ0n) is 17.9. The highest BCUT2D eigenvalue weighted by Gasteiger charge is 2.35. The fourth-order valence-electron chi connectivity index (χ4n) is 3.84. The van der Waals surface area contributed by atoms with E-state index in [0.29, 0.717) is 24.3 Å². The van der Waals surface area contributed by atoms with Crippen molar-refractivity contribution in [3.63, 3.8) is 0 Å². The van der Waals surface area contributed by atoms with Crippen molar-refractivity contribution in [1.29, 1.82) is 0 Å². The Morgan fingerprint density at radius 2 is 1.62 bits per heavy atom. The SMILES string of the molecule is Cc1ccccc1CNC(=O)c1ccccc1NC(=O)[C@@H]1CC(=O)N(c2ccccc2)C1. The smallest absolute Gasteiger partial charge is 0.253 e. The van der Waals surface area contributed by atoms with Crippen LogP contribution in [0.4, 0.5) is 11.4 Å². The second-order valence-electron chi connectivity index (χ2n) is 7.88. The lowest BCUT2D eigenvalue weighted by molar-refractivity contribution is -0.122. The lowest BCUT2D eigenvalue weighted by Gasteiger charge is -2.17. The standard InChI is InChI=1S/C26H25N3O3/c1-18-9-5-6-10-19(18)16-27-26(32)22-13-7-8-14-23(22)28-25(31)20-15-24(30)29(17-20)21-11-3-2-4-12-21/h2-14,20H,15-17H2,1H3,(H,27,32)(H,28,31)/t20-/m1/s1. The molecule has 1 saturated heterocycles. The van der Waals surface area contributed by atoms with Crippen LogP contribution < -0.4 is 15.5 Å². The van der Waals surface area contributed by atoms with Crippen molar-refractivity contribution >= 4 is 29.1 Å². The fraction of sp³-hybridized carbons (Fsp3) is 0.192. The van der Waals surface area contributed by atoms with Crippen LogP contribution in [-0.2, 0) is 16.1 Å². The predicted molar refractivity (Wildman–Crippen MR) is 124 cm³/mol. The van der Waals surface area contributed by atoms with Gasteiger partial charge < -0.3 is 15.5 Å². The largest absolute Gasteiger partial charge is 0.348 e. The van der Waals surface area contributed by atoms with Gasteiger partial charge in [-0.15, -0.1) is 0 Å². The summed E-state index contributed by atoms with van der Waals surface area (Å²) in [4.78, 5) is 39.8. The summed E-state index contributed by atoms with van der Waals surface area (Å²) in [6.45, 7) is 2.71. The van der Waals surface area contributed by atoms with Crippen molar-refractivity contribution in [1.82, 2.24) is 5.32 Å². The van der Waals surface area contributed by atoms with Crippen molar-refractivity contribution < 1.29 is 14.4 Å². The molecule has 3 aromatic rings. The molecule has 0 bridgehead atoms. The van der Waals surface area contributed by atoms with E-state index in [1.165, 1.54) is 0 Å². The maximum atomic E-state index is 12.9. The maximum Gasteiger partial charge on any atom is 0.253 e. The Kier molecular flexibility index (Phi) is 6.31. The Balaban J connectivity index is 1.43. The Hall–Kier alpha value is -3.93. The molecular weight excluding hydrogens is 402 g/mol. The number of carbonyl (C=O) groups is 3. The summed E-state index contributed by atoms with van der Waals surface area (Å²) in [7, 11) is 0. The molecule has 4 rings (SSSR count). The first-order valence-corrected chi connectivity index (χ1v) is 10.6. The number of amides is 3. The highest BCUT2D eigenvalue weighted by atomic mass is 16.2. The molecule has 1 atom stereocenters. The summed E-state index contributed by atoms with van der Waals surface area (Å²) in [6, 6.07) is 24.1. The quantitative estimate of drug-likeness (QED) is 0.626. The molecule has 2 N–H and O–H groups in total. The number of nitrogens with one attached hydrogen (secondary N) is 2. The van der Waals surface area contributed by atoms with Crippen molar-refractivity contribution in [2.45, 2.75) is 19.9 Å². The van der Waals surface area contributed by atoms with Gasteiger partial charge in [-0.25, -0.2) is 0 Å². The number of anilines is 2. The molecule has 6 nitrogen and oxygen atoms in total. The van der Waals surface area contributed by atoms with Gasteiger partial charge in [0.1, 0.15) is 0 Å². The average molecular weight is 428 g/mol. The van der Waals surface area contributed by atoms with E-state index in [-0.39, 0.29) is 24.1 Å². The molecule has 1 aliphatic heterocycles. The minimum atomic E-state index is -0.481. The molecule has 3 amide bonds. The number of aryl methyl sites for hydroxylation is 1. The summed E-state index contributed by atoms with van der Waals surface area (Å²) in [5.74, 6) is -1.10. The van der Waals surface area contributed by atoms with Gasteiger partial charge >= 0.3 is 0 Å². The van der Waals surface area contributed by atoms with Gasteiger partial charge in [-0.3, -0.25) is 14.4 Å². The van der Waals surface area contributed by atoms with E-state index < -0.39 is 5.92 Å². The zero-order valence-corrected chi connectivity index (χ0v) is 17.9. The highest BCUT2D eigenvalue weighted by Crippen LogP contribution is 2.26. The van der Waals surface area contributed by atoms with Crippen LogP contribution >= 0.6 is 0 Å². The molecule has 1 aliphatic rings. The average Bonchev–Trinajstić information content (AvgIpc) is 3.21. The minimum absolute atomic E-state index is 0.0828. The predicted octanol–water partition coefficient (Wildman–Crippen LogP) is 3.92. The van der Waals surface area contributed by atoms with Gasteiger partial charge in [0, 0.05) is 25.2 Å². The van der Waals surface area contributed by atoms with Crippen LogP contribution in [0.15, 0.2) is 78.9 Å². The summed E-state index contributed by atoms with van der Waals surface area (Å²) in [5, 5.41) is 5.78. The van der Waals surface area contributed by atoms with E-state index >= 15 is 0 Å². The number of benzene rings is 3. The second kappa shape index (κ2) is 9.47. The van der Waals surface area contributed by atoms with Crippen molar-refractivity contribution in [3.8, 4) is 0 Å². The summed E-state index contributed by atoms with van der Waals surface area (Å²) in [6.07, 6.45) is 0.141. The first-order valence-electron chi connectivity index (χ1n) is 10.6. The Morgan fingerprint density at radius 3 is 2.41 bits per heavy atom. The third kappa shape index (κ3) is 4.70. The zero-order chi connectivity index (χ0) is 22.5. The van der Waals surface area contributed by atoms with Crippen LogP contribution in [0.5, 0.6) is 0 Å². The van der Waals surface area contributed by atoms with E-state index in [2.05, 4.69) is 10.6 Å². The van der Waals surface area contributed by atoms with Crippen LogP contribution in [-0.4, -0.2) is 24.3 Å². The van der Waals surface area contributed by atoms with Gasteiger partial charge in [-0.05, 0) is 42.3 Å². The molecule has 0 aliphatic carbocycles. The third-order valence-corrected chi connectivity index (χ3v) is 5.69. The number of rotatable bonds is 6. The van der Waals surface area contributed by atoms with E-state index in [9.17, 15) is 14.4 Å². The van der Waals surface area contributed by atoms with E-state index in [1.807, 2.05) is 61.5 Å². The fourth-order valence-corrected chi connectivity index (χ4v) is 3.84. The molecule has 0 radical (unpaired) electrons. The highest BCUT2D eigenvalue weighted by molar-refractivity contribution is 6.07. The van der Waals surface area contributed by atoms with Crippen LogP contribution in [0.3, 0.4) is 0 Å². The Labute approximate surface area is 187 Å². The van der Waals surface area contributed by atoms with Gasteiger partial charge in [-0.1, -0.05) is 54.6 Å². The van der Waals surface area contributed by atoms with Crippen LogP contribution in [0, 0.1) is 12.8 Å². The van der Waals surface area contributed by atoms with Gasteiger partial charge in [0.25, 0.3) is 5.91 Å². The summed E-state index contributed by atoms with van der Waals surface area (Å²) in [5.41, 5.74) is 3.74. The number of para-hydroxylation sites is 2. The molecule has 3 aromatic carbocycles. The number of carbonyl (C=O) groups excluding carboxylic acids is 3. The topological polar surface area (TPSA) is 78.5 Å². The molecule has 0 spiro atoms. The number of hydrogen-bond acceptors (Lipinski definition) is 3. The molecule has 162 valence electrons. The van der Waals surface area contributed by atoms with Gasteiger partial charge in [0.15, 0.2) is 0 Å². The molecular formula is C26H25N3O3. The third-order valence-electron chi connectivity index (χ3n) is 5.69. The van der Waals surface area contributed by atoms with E-state index in [1.54, 1.807) is 29.2 Å². The maximum absolute atomic E-state index is 12.9. The van der Waals surface area contributed by atoms with Crippen molar-refractivity contribution in [3.05, 3.63) is 95.6 Å². The molecule has 6 heteroatoms. The van der Waals surface area contributed by atoms with E-state index in [4.69, 9.17) is 0 Å². The van der Waals surface area contributed by atoms with E-state index in [0.717, 1.165) is 16.8 Å². The number of hydrogen-bond donors (Lipinski definition) is 2. The Bertz CT molecular complexity index is 1140. The molecule has 0 saturated carbocycles. The lowest BCUT2D eigenvalue weighted by atomic mass is 10.1. The monoisotopic (exact) mass is 427 g/mol. The normalized spacial score (nSPS) is 15.5. The van der Waals surface area contributed by atoms with Crippen molar-refractivity contribution in [2.24, 2.45) is 5.92 Å². The lowest BCUT2D eigenvalue weighted by Crippen LogP contribution is -2.29. The first-order chi connectivity index (χ1) is 15.5. The number of nitrogens with zero attached hydrogens (tertiary/aromatic N) is 1. The first kappa shape index (κ1) is 21.3. The minimum Gasteiger partial charge on any atom is -0.348 e. The molecule has 0 unspecified atom stereocenters. The van der Waals surface area contributed by atoms with Crippen LogP contribution in [0.1, 0.15) is 27.9 Å². The van der Waals surface area contributed by atoms with Crippen LogP contribution in [0.25, 0.3) is 0 Å². The molecule has 1 fully saturated rings. The van der Waals surface area contributed by atoms with Gasteiger partial charge in [0.05, 0.1) is 17.2 Å². The second-order valence-corrected chi connectivity index (χ2v) is 7.88. The summed E-state index contributed by atoms with van der Waals surface area (Å²) < 4.78 is 0. The van der Waals surface area contributed by atoms with Gasteiger partial charge in [0.2, 0.25) is 11.8 Å². The van der Waals surface area contributed by atoms with Crippen molar-refractivity contribution in [2.75, 3.05) is 16.8 Å². The Morgan fingerprint density at radius 1 is 0.938 bits per heavy atom. The molecule has 32 heavy (non-hydrogen) atoms. The molecule has 1 heterocycles. The molecule has 0 aromatic heterocycles.